The summed E-state index contributed by atoms with van der Waals surface area (Å²) >= 11 is 0. The molecular formula is C13H15NO4. The first-order valence-electron chi connectivity index (χ1n) is 5.90. The number of epoxide rings is 1. The third kappa shape index (κ3) is 1.25. The summed E-state index contributed by atoms with van der Waals surface area (Å²) in [6.07, 6.45) is 2.74. The lowest BCUT2D eigenvalue weighted by molar-refractivity contribution is -0.123. The molecule has 18 heavy (non-hydrogen) atoms. The van der Waals surface area contributed by atoms with Crippen LogP contribution in [0.25, 0.3) is 0 Å². The van der Waals surface area contributed by atoms with Crippen molar-refractivity contribution in [3.63, 3.8) is 0 Å². The molecule has 0 radical (unpaired) electrons. The SMILES string of the molecule is CO/C(C)=C1\C(=O)N(C)C[C@]12C=CC(=O)[C@H]1O[C@H]12. The fraction of sp³-hybridized carbons (Fsp3) is 0.538. The minimum absolute atomic E-state index is 0.0120. The number of ketones is 1. The van der Waals surface area contributed by atoms with Crippen LogP contribution in [-0.4, -0.2) is 49.5 Å². The van der Waals surface area contributed by atoms with Gasteiger partial charge in [-0.25, -0.2) is 0 Å². The first kappa shape index (κ1) is 11.5. The Hall–Kier alpha value is -1.62. The molecule has 0 aromatic heterocycles. The molecule has 3 aliphatic rings. The van der Waals surface area contributed by atoms with E-state index in [4.69, 9.17) is 9.47 Å². The Morgan fingerprint density at radius 1 is 1.56 bits per heavy atom. The van der Waals surface area contributed by atoms with E-state index in [-0.39, 0.29) is 23.9 Å². The van der Waals surface area contributed by atoms with Crippen molar-refractivity contribution >= 4 is 11.7 Å². The maximum absolute atomic E-state index is 12.2. The number of nitrogens with zero attached hydrogens (tertiary/aromatic N) is 1. The van der Waals surface area contributed by atoms with Gasteiger partial charge < -0.3 is 14.4 Å². The van der Waals surface area contributed by atoms with Crippen LogP contribution in [0.3, 0.4) is 0 Å². The van der Waals surface area contributed by atoms with Crippen molar-refractivity contribution in [1.29, 1.82) is 0 Å². The van der Waals surface area contributed by atoms with Crippen molar-refractivity contribution in [1.82, 2.24) is 4.90 Å². The van der Waals surface area contributed by atoms with Crippen LogP contribution in [0.4, 0.5) is 0 Å². The van der Waals surface area contributed by atoms with Gasteiger partial charge in [0.1, 0.15) is 18.0 Å². The fourth-order valence-corrected chi connectivity index (χ4v) is 3.02. The Morgan fingerprint density at radius 2 is 2.28 bits per heavy atom. The van der Waals surface area contributed by atoms with E-state index >= 15 is 0 Å². The van der Waals surface area contributed by atoms with E-state index in [0.29, 0.717) is 17.9 Å². The quantitative estimate of drug-likeness (QED) is 0.380. The van der Waals surface area contributed by atoms with Gasteiger partial charge in [-0.05, 0) is 13.0 Å². The predicted octanol–water partition coefficient (Wildman–Crippen LogP) is 0.271. The number of allylic oxidation sites excluding steroid dienone is 1. The largest absolute Gasteiger partial charge is 0.501 e. The minimum atomic E-state index is -0.523. The first-order valence-corrected chi connectivity index (χ1v) is 5.90. The molecule has 5 nitrogen and oxygen atoms in total. The monoisotopic (exact) mass is 249 g/mol. The number of fused-ring (bicyclic) bond motifs is 2. The minimum Gasteiger partial charge on any atom is -0.501 e. The van der Waals surface area contributed by atoms with Gasteiger partial charge in [0.15, 0.2) is 5.78 Å². The smallest absolute Gasteiger partial charge is 0.254 e. The van der Waals surface area contributed by atoms with E-state index in [1.807, 2.05) is 6.08 Å². The Morgan fingerprint density at radius 3 is 2.94 bits per heavy atom. The second-order valence-electron chi connectivity index (χ2n) is 5.05. The number of hydrogen-bond donors (Lipinski definition) is 0. The molecule has 5 heteroatoms. The molecule has 0 aromatic rings. The highest BCUT2D eigenvalue weighted by atomic mass is 16.6. The first-order chi connectivity index (χ1) is 8.51. The topological polar surface area (TPSA) is 59.1 Å². The molecule has 2 aliphatic heterocycles. The Labute approximate surface area is 105 Å². The highest BCUT2D eigenvalue weighted by Crippen LogP contribution is 2.53. The van der Waals surface area contributed by atoms with Crippen LogP contribution in [0, 0.1) is 5.41 Å². The van der Waals surface area contributed by atoms with Crippen molar-refractivity contribution in [2.75, 3.05) is 20.7 Å². The number of ether oxygens (including phenoxy) is 2. The van der Waals surface area contributed by atoms with E-state index in [1.165, 1.54) is 6.08 Å². The van der Waals surface area contributed by atoms with E-state index < -0.39 is 5.41 Å². The second kappa shape index (κ2) is 3.45. The fourth-order valence-electron chi connectivity index (χ4n) is 3.02. The van der Waals surface area contributed by atoms with Crippen LogP contribution >= 0.6 is 0 Å². The third-order valence-corrected chi connectivity index (χ3v) is 4.01. The molecule has 3 rings (SSSR count). The zero-order chi connectivity index (χ0) is 13.1. The van der Waals surface area contributed by atoms with Crippen LogP contribution in [0.1, 0.15) is 6.92 Å². The summed E-state index contributed by atoms with van der Waals surface area (Å²) in [5, 5.41) is 0. The van der Waals surface area contributed by atoms with Crippen molar-refractivity contribution < 1.29 is 19.1 Å². The van der Waals surface area contributed by atoms with Gasteiger partial charge in [0.25, 0.3) is 5.91 Å². The number of amides is 1. The zero-order valence-electron chi connectivity index (χ0n) is 10.6. The second-order valence-corrected chi connectivity index (χ2v) is 5.05. The van der Waals surface area contributed by atoms with Crippen LogP contribution in [0.5, 0.6) is 0 Å². The summed E-state index contributed by atoms with van der Waals surface area (Å²) in [5.41, 5.74) is 0.0913. The van der Waals surface area contributed by atoms with Crippen LogP contribution in [-0.2, 0) is 19.1 Å². The van der Waals surface area contributed by atoms with Gasteiger partial charge in [-0.2, -0.15) is 0 Å². The highest BCUT2D eigenvalue weighted by Gasteiger charge is 2.65. The Balaban J connectivity index is 2.14. The van der Waals surface area contributed by atoms with Gasteiger partial charge in [0, 0.05) is 13.6 Å². The lowest BCUT2D eigenvalue weighted by Gasteiger charge is -2.26. The van der Waals surface area contributed by atoms with Crippen LogP contribution < -0.4 is 0 Å². The molecule has 0 aromatic carbocycles. The van der Waals surface area contributed by atoms with E-state index in [1.54, 1.807) is 26.0 Å². The average molecular weight is 249 g/mol. The number of likely N-dealkylation sites (N-methyl/N-ethyl adjacent to an activating group) is 1. The summed E-state index contributed by atoms with van der Waals surface area (Å²) in [4.78, 5) is 25.4. The van der Waals surface area contributed by atoms with Crippen molar-refractivity contribution in [3.8, 4) is 0 Å². The maximum atomic E-state index is 12.2. The maximum Gasteiger partial charge on any atom is 0.254 e. The van der Waals surface area contributed by atoms with E-state index in [2.05, 4.69) is 0 Å². The molecular weight excluding hydrogens is 234 g/mol. The third-order valence-electron chi connectivity index (χ3n) is 4.01. The molecule has 0 bridgehead atoms. The standard InChI is InChI=1S/C13H15NO4/c1-7(17-3)9-12(16)14(2)6-13(9)5-4-8(15)10-11(13)18-10/h4-5,10-11H,6H2,1-3H3/b9-7+/t10-,11-,13-/m1/s1. The molecule has 3 atom stereocenters. The van der Waals surface area contributed by atoms with Gasteiger partial charge in [0.2, 0.25) is 0 Å². The molecule has 0 N–H and O–H groups in total. The summed E-state index contributed by atoms with van der Waals surface area (Å²) in [6.45, 7) is 2.31. The molecule has 0 saturated carbocycles. The number of hydrogen-bond acceptors (Lipinski definition) is 4. The number of carbonyl (C=O) groups is 2. The molecule has 1 amide bonds. The van der Waals surface area contributed by atoms with Gasteiger partial charge in [0.05, 0.1) is 18.1 Å². The van der Waals surface area contributed by atoms with Crippen LogP contribution in [0.2, 0.25) is 0 Å². The summed E-state index contributed by atoms with van der Waals surface area (Å²) in [6, 6.07) is 0. The molecule has 2 fully saturated rings. The predicted molar refractivity (Wildman–Crippen MR) is 62.6 cm³/mol. The van der Waals surface area contributed by atoms with Gasteiger partial charge in [-0.1, -0.05) is 6.08 Å². The Bertz CT molecular complexity index is 507. The van der Waals surface area contributed by atoms with Crippen molar-refractivity contribution in [3.05, 3.63) is 23.5 Å². The lowest BCUT2D eigenvalue weighted by Crippen LogP contribution is -2.35. The van der Waals surface area contributed by atoms with E-state index in [0.717, 1.165) is 0 Å². The zero-order valence-corrected chi connectivity index (χ0v) is 10.6. The number of rotatable bonds is 1. The molecule has 0 unspecified atom stereocenters. The molecule has 1 aliphatic carbocycles. The van der Waals surface area contributed by atoms with Gasteiger partial charge >= 0.3 is 0 Å². The molecule has 1 spiro atoms. The summed E-state index contributed by atoms with van der Waals surface area (Å²) in [5.74, 6) is 0.530. The van der Waals surface area contributed by atoms with Crippen molar-refractivity contribution in [2.24, 2.45) is 5.41 Å². The highest BCUT2D eigenvalue weighted by molar-refractivity contribution is 6.03. The molecule has 2 saturated heterocycles. The number of carbonyl (C=O) groups excluding carboxylic acids is 2. The average Bonchev–Trinajstić information content (AvgIpc) is 3.11. The number of likely N-dealkylation sites (tertiary alicyclic amines) is 1. The normalized spacial score (nSPS) is 40.3. The van der Waals surface area contributed by atoms with Crippen molar-refractivity contribution in [2.45, 2.75) is 19.1 Å². The molecule has 96 valence electrons. The Kier molecular flexibility index (Phi) is 2.20. The summed E-state index contributed by atoms with van der Waals surface area (Å²) in [7, 11) is 3.30. The molecule has 2 heterocycles. The number of methoxy groups -OCH3 is 1. The summed E-state index contributed by atoms with van der Waals surface area (Å²) < 4.78 is 10.7. The van der Waals surface area contributed by atoms with Gasteiger partial charge in [-0.3, -0.25) is 9.59 Å². The van der Waals surface area contributed by atoms with E-state index in [9.17, 15) is 9.59 Å². The van der Waals surface area contributed by atoms with Gasteiger partial charge in [-0.15, -0.1) is 0 Å². The van der Waals surface area contributed by atoms with Crippen LogP contribution in [0.15, 0.2) is 23.5 Å². The lowest BCUT2D eigenvalue weighted by atomic mass is 9.74.